The van der Waals surface area contributed by atoms with E-state index >= 15 is 0 Å². The van der Waals surface area contributed by atoms with E-state index in [9.17, 15) is 0 Å². The van der Waals surface area contributed by atoms with Gasteiger partial charge in [-0.05, 0) is 19.8 Å². The number of rotatable bonds is 3. The Balaban J connectivity index is 2.34. The van der Waals surface area contributed by atoms with Crippen molar-refractivity contribution in [3.05, 3.63) is 0 Å². The summed E-state index contributed by atoms with van der Waals surface area (Å²) >= 11 is 0. The highest BCUT2D eigenvalue weighted by molar-refractivity contribution is 5.00. The first-order valence-corrected chi connectivity index (χ1v) is 4.61. The van der Waals surface area contributed by atoms with Crippen molar-refractivity contribution in [3.8, 4) is 12.3 Å². The molecule has 1 fully saturated rings. The molecule has 0 spiro atoms. The molecule has 3 unspecified atom stereocenters. The summed E-state index contributed by atoms with van der Waals surface area (Å²) in [5.41, 5.74) is 0. The van der Waals surface area contributed by atoms with Crippen LogP contribution in [0.3, 0.4) is 0 Å². The summed E-state index contributed by atoms with van der Waals surface area (Å²) in [7, 11) is 0. The smallest absolute Gasteiger partial charge is 0.0701 e. The summed E-state index contributed by atoms with van der Waals surface area (Å²) in [6.45, 7) is 5.05. The highest BCUT2D eigenvalue weighted by atomic mass is 16.5. The van der Waals surface area contributed by atoms with E-state index in [0.717, 1.165) is 19.4 Å². The number of hydrogen-bond acceptors (Lipinski definition) is 2. The fraction of sp³-hybridized carbons (Fsp3) is 0.800. The Bertz CT molecular complexity index is 173. The summed E-state index contributed by atoms with van der Waals surface area (Å²) in [4.78, 5) is 0. The van der Waals surface area contributed by atoms with Gasteiger partial charge in [0.25, 0.3) is 0 Å². The van der Waals surface area contributed by atoms with E-state index in [0.29, 0.717) is 12.1 Å². The molecule has 1 saturated heterocycles. The molecule has 68 valence electrons. The molecular weight excluding hydrogens is 150 g/mol. The fourth-order valence-corrected chi connectivity index (χ4v) is 1.49. The van der Waals surface area contributed by atoms with Crippen LogP contribution >= 0.6 is 0 Å². The zero-order valence-corrected chi connectivity index (χ0v) is 7.84. The van der Waals surface area contributed by atoms with Crippen LogP contribution in [0, 0.1) is 12.3 Å². The Morgan fingerprint density at radius 1 is 1.75 bits per heavy atom. The minimum atomic E-state index is 0.208. The first kappa shape index (κ1) is 9.57. The first-order chi connectivity index (χ1) is 5.77. The molecule has 2 heteroatoms. The molecule has 0 aliphatic carbocycles. The zero-order valence-electron chi connectivity index (χ0n) is 7.84. The molecule has 0 aromatic heterocycles. The Morgan fingerprint density at radius 3 is 2.92 bits per heavy atom. The van der Waals surface area contributed by atoms with Gasteiger partial charge in [-0.2, -0.15) is 0 Å². The molecule has 3 atom stereocenters. The molecule has 1 aliphatic heterocycles. The molecule has 1 heterocycles. The molecular formula is C10H17NO. The van der Waals surface area contributed by atoms with Crippen molar-refractivity contribution < 1.29 is 4.74 Å². The predicted molar refractivity (Wildman–Crippen MR) is 49.9 cm³/mol. The van der Waals surface area contributed by atoms with E-state index in [1.165, 1.54) is 0 Å². The molecule has 1 rings (SSSR count). The van der Waals surface area contributed by atoms with Gasteiger partial charge in [0.05, 0.1) is 12.1 Å². The van der Waals surface area contributed by atoms with Gasteiger partial charge in [-0.1, -0.05) is 12.8 Å². The predicted octanol–water partition coefficient (Wildman–Crippen LogP) is 1.17. The molecule has 0 aromatic rings. The lowest BCUT2D eigenvalue weighted by molar-refractivity contribution is 0.112. The summed E-state index contributed by atoms with van der Waals surface area (Å²) in [5, 5.41) is 3.40. The van der Waals surface area contributed by atoms with Crippen LogP contribution in [-0.4, -0.2) is 24.8 Å². The summed E-state index contributed by atoms with van der Waals surface area (Å²) in [6, 6.07) is 0.658. The van der Waals surface area contributed by atoms with Crippen LogP contribution < -0.4 is 5.32 Å². The van der Waals surface area contributed by atoms with E-state index in [-0.39, 0.29) is 6.04 Å². The van der Waals surface area contributed by atoms with Gasteiger partial charge in [-0.3, -0.25) is 5.32 Å². The van der Waals surface area contributed by atoms with Crippen molar-refractivity contribution >= 4 is 0 Å². The Kier molecular flexibility index (Phi) is 3.58. The number of ether oxygens (including phenoxy) is 1. The van der Waals surface area contributed by atoms with Gasteiger partial charge in [0, 0.05) is 12.6 Å². The van der Waals surface area contributed by atoms with Crippen LogP contribution in [-0.2, 0) is 4.74 Å². The zero-order chi connectivity index (χ0) is 8.97. The van der Waals surface area contributed by atoms with Crippen LogP contribution in [0.2, 0.25) is 0 Å². The second-order valence-electron chi connectivity index (χ2n) is 3.27. The quantitative estimate of drug-likeness (QED) is 0.637. The largest absolute Gasteiger partial charge is 0.377 e. The van der Waals surface area contributed by atoms with Gasteiger partial charge in [-0.15, -0.1) is 6.42 Å². The van der Waals surface area contributed by atoms with Crippen LogP contribution in [0.15, 0.2) is 0 Å². The summed E-state index contributed by atoms with van der Waals surface area (Å²) in [6.07, 6.45) is 7.73. The highest BCUT2D eigenvalue weighted by Gasteiger charge is 2.25. The number of nitrogens with one attached hydrogen (secondary N) is 1. The lowest BCUT2D eigenvalue weighted by atomic mass is 10.1. The van der Waals surface area contributed by atoms with Crippen LogP contribution in [0.1, 0.15) is 26.7 Å². The monoisotopic (exact) mass is 167 g/mol. The summed E-state index contributed by atoms with van der Waals surface area (Å²) in [5.74, 6) is 2.73. The van der Waals surface area contributed by atoms with Crippen LogP contribution in [0.4, 0.5) is 0 Å². The van der Waals surface area contributed by atoms with E-state index < -0.39 is 0 Å². The SMILES string of the molecule is C#CC(CC)NC1CCOC1C. The van der Waals surface area contributed by atoms with E-state index in [2.05, 4.69) is 25.1 Å². The maximum atomic E-state index is 5.42. The maximum absolute atomic E-state index is 5.42. The van der Waals surface area contributed by atoms with Gasteiger partial charge in [0.2, 0.25) is 0 Å². The lowest BCUT2D eigenvalue weighted by Gasteiger charge is -2.19. The fourth-order valence-electron chi connectivity index (χ4n) is 1.49. The normalized spacial score (nSPS) is 31.4. The molecule has 0 radical (unpaired) electrons. The Morgan fingerprint density at radius 2 is 2.50 bits per heavy atom. The van der Waals surface area contributed by atoms with Gasteiger partial charge in [0.1, 0.15) is 0 Å². The molecule has 0 amide bonds. The van der Waals surface area contributed by atoms with Crippen molar-refractivity contribution in [2.45, 2.75) is 44.9 Å². The molecule has 0 saturated carbocycles. The molecule has 0 bridgehead atoms. The maximum Gasteiger partial charge on any atom is 0.0701 e. The average molecular weight is 167 g/mol. The van der Waals surface area contributed by atoms with Gasteiger partial charge < -0.3 is 4.74 Å². The Labute approximate surface area is 74.7 Å². The summed E-state index contributed by atoms with van der Waals surface area (Å²) < 4.78 is 5.42. The molecule has 12 heavy (non-hydrogen) atoms. The van der Waals surface area contributed by atoms with E-state index in [1.807, 2.05) is 0 Å². The van der Waals surface area contributed by atoms with Crippen molar-refractivity contribution in [1.82, 2.24) is 5.32 Å². The third-order valence-electron chi connectivity index (χ3n) is 2.40. The van der Waals surface area contributed by atoms with Gasteiger partial charge >= 0.3 is 0 Å². The van der Waals surface area contributed by atoms with Crippen molar-refractivity contribution in [1.29, 1.82) is 0 Å². The second-order valence-corrected chi connectivity index (χ2v) is 3.27. The van der Waals surface area contributed by atoms with Crippen molar-refractivity contribution in [3.63, 3.8) is 0 Å². The highest BCUT2D eigenvalue weighted by Crippen LogP contribution is 2.13. The van der Waals surface area contributed by atoms with Gasteiger partial charge in [0.15, 0.2) is 0 Å². The molecule has 1 aliphatic rings. The molecule has 2 nitrogen and oxygen atoms in total. The number of terminal acetylenes is 1. The minimum absolute atomic E-state index is 0.208. The van der Waals surface area contributed by atoms with Crippen molar-refractivity contribution in [2.75, 3.05) is 6.61 Å². The second kappa shape index (κ2) is 4.49. The third kappa shape index (κ3) is 2.23. The van der Waals surface area contributed by atoms with E-state index in [4.69, 9.17) is 11.2 Å². The van der Waals surface area contributed by atoms with Crippen LogP contribution in [0.25, 0.3) is 0 Å². The van der Waals surface area contributed by atoms with Crippen molar-refractivity contribution in [2.24, 2.45) is 0 Å². The minimum Gasteiger partial charge on any atom is -0.377 e. The average Bonchev–Trinajstić information content (AvgIpc) is 2.47. The third-order valence-corrected chi connectivity index (χ3v) is 2.40. The lowest BCUT2D eigenvalue weighted by Crippen LogP contribution is -2.41. The topological polar surface area (TPSA) is 21.3 Å². The standard InChI is InChI=1S/C10H17NO/c1-4-9(5-2)11-10-6-7-12-8(10)3/h1,8-11H,5-7H2,2-3H3. The number of hydrogen-bond donors (Lipinski definition) is 1. The molecule has 1 N–H and O–H groups in total. The van der Waals surface area contributed by atoms with Crippen LogP contribution in [0.5, 0.6) is 0 Å². The Hall–Kier alpha value is -0.520. The first-order valence-electron chi connectivity index (χ1n) is 4.61. The molecule has 0 aromatic carbocycles. The van der Waals surface area contributed by atoms with Gasteiger partial charge in [-0.25, -0.2) is 0 Å². The van der Waals surface area contributed by atoms with E-state index in [1.54, 1.807) is 0 Å².